The Morgan fingerprint density at radius 2 is 1.86 bits per heavy atom. The summed E-state index contributed by atoms with van der Waals surface area (Å²) in [4.78, 5) is 25.1. The van der Waals surface area contributed by atoms with Crippen molar-refractivity contribution in [2.24, 2.45) is 5.92 Å². The van der Waals surface area contributed by atoms with Crippen LogP contribution in [-0.2, 0) is 14.3 Å². The summed E-state index contributed by atoms with van der Waals surface area (Å²) >= 11 is 0. The van der Waals surface area contributed by atoms with Gasteiger partial charge >= 0.3 is 5.97 Å². The molecule has 2 atom stereocenters. The number of esters is 1. The van der Waals surface area contributed by atoms with Crippen LogP contribution in [0.1, 0.15) is 71.2 Å². The van der Waals surface area contributed by atoms with Crippen molar-refractivity contribution in [3.8, 4) is 5.75 Å². The molecule has 28 heavy (non-hydrogen) atoms. The fraction of sp³-hybridized carbons (Fsp3) is 0.636. The number of methoxy groups -OCH3 is 1. The van der Waals surface area contributed by atoms with Gasteiger partial charge in [0.1, 0.15) is 16.9 Å². The van der Waals surface area contributed by atoms with E-state index in [2.05, 4.69) is 19.2 Å². The fourth-order valence-corrected chi connectivity index (χ4v) is 2.87. The summed E-state index contributed by atoms with van der Waals surface area (Å²) in [6, 6.07) is 4.98. The quantitative estimate of drug-likeness (QED) is 0.546. The highest BCUT2D eigenvalue weighted by molar-refractivity contribution is 5.99. The molecule has 0 radical (unpaired) electrons. The number of amides is 1. The Hall–Kier alpha value is -2.08. The van der Waals surface area contributed by atoms with Gasteiger partial charge in [-0.05, 0) is 57.2 Å². The SMILES string of the molecule is CCCO[C@](C)(CC(C)C)C(=O)Nc1ccc(O[C@H](C)CC)c(C(=O)OC)c1. The number of anilines is 1. The second-order valence-electron chi connectivity index (χ2n) is 7.67. The summed E-state index contributed by atoms with van der Waals surface area (Å²) in [6.07, 6.45) is 2.19. The number of carbonyl (C=O) groups excluding carboxylic acids is 2. The highest BCUT2D eigenvalue weighted by Gasteiger charge is 2.35. The minimum Gasteiger partial charge on any atom is -0.490 e. The lowest BCUT2D eigenvalue weighted by Gasteiger charge is -2.30. The molecule has 0 aliphatic carbocycles. The number of hydrogen-bond acceptors (Lipinski definition) is 5. The van der Waals surface area contributed by atoms with Gasteiger partial charge in [0, 0.05) is 12.3 Å². The summed E-state index contributed by atoms with van der Waals surface area (Å²) in [5.41, 5.74) is -0.167. The van der Waals surface area contributed by atoms with Gasteiger partial charge in [0.25, 0.3) is 5.91 Å². The van der Waals surface area contributed by atoms with E-state index in [0.717, 1.165) is 12.8 Å². The van der Waals surface area contributed by atoms with Gasteiger partial charge in [-0.15, -0.1) is 0 Å². The lowest BCUT2D eigenvalue weighted by atomic mass is 9.93. The van der Waals surface area contributed by atoms with E-state index in [4.69, 9.17) is 14.2 Å². The summed E-state index contributed by atoms with van der Waals surface area (Å²) < 4.78 is 16.6. The number of benzene rings is 1. The maximum atomic E-state index is 13.0. The average molecular weight is 394 g/mol. The molecule has 0 unspecified atom stereocenters. The van der Waals surface area contributed by atoms with E-state index in [1.165, 1.54) is 7.11 Å². The molecule has 6 heteroatoms. The van der Waals surface area contributed by atoms with Gasteiger partial charge < -0.3 is 19.5 Å². The van der Waals surface area contributed by atoms with Gasteiger partial charge in [-0.25, -0.2) is 4.79 Å². The largest absolute Gasteiger partial charge is 0.490 e. The average Bonchev–Trinajstić information content (AvgIpc) is 2.66. The van der Waals surface area contributed by atoms with Crippen LogP contribution in [0, 0.1) is 5.92 Å². The lowest BCUT2D eigenvalue weighted by Crippen LogP contribution is -2.44. The molecule has 1 amide bonds. The molecule has 6 nitrogen and oxygen atoms in total. The van der Waals surface area contributed by atoms with E-state index in [9.17, 15) is 9.59 Å². The zero-order valence-electron chi connectivity index (χ0n) is 18.3. The van der Waals surface area contributed by atoms with Crippen LogP contribution in [0.5, 0.6) is 5.75 Å². The molecule has 0 heterocycles. The normalized spacial score (nSPS) is 14.3. The first-order valence-electron chi connectivity index (χ1n) is 10.0. The first-order chi connectivity index (χ1) is 13.2. The zero-order chi connectivity index (χ0) is 21.3. The van der Waals surface area contributed by atoms with E-state index >= 15 is 0 Å². The summed E-state index contributed by atoms with van der Waals surface area (Å²) in [7, 11) is 1.32. The van der Waals surface area contributed by atoms with Gasteiger partial charge in [-0.3, -0.25) is 4.79 Å². The minimum atomic E-state index is -0.943. The Bertz CT molecular complexity index is 658. The summed E-state index contributed by atoms with van der Waals surface area (Å²) in [6.45, 7) is 12.4. The second kappa shape index (κ2) is 11.1. The van der Waals surface area contributed by atoms with Crippen molar-refractivity contribution in [3.63, 3.8) is 0 Å². The molecule has 0 saturated heterocycles. The van der Waals surface area contributed by atoms with Crippen molar-refractivity contribution < 1.29 is 23.8 Å². The molecular weight excluding hydrogens is 358 g/mol. The van der Waals surface area contributed by atoms with Crippen LogP contribution >= 0.6 is 0 Å². The molecule has 0 aliphatic heterocycles. The molecule has 0 fully saturated rings. The van der Waals surface area contributed by atoms with Crippen molar-refractivity contribution in [1.29, 1.82) is 0 Å². The monoisotopic (exact) mass is 393 g/mol. The number of hydrogen-bond donors (Lipinski definition) is 1. The van der Waals surface area contributed by atoms with Crippen LogP contribution in [0.4, 0.5) is 5.69 Å². The Balaban J connectivity index is 3.11. The van der Waals surface area contributed by atoms with Crippen LogP contribution < -0.4 is 10.1 Å². The Morgan fingerprint density at radius 3 is 2.39 bits per heavy atom. The molecule has 0 spiro atoms. The third-order valence-corrected chi connectivity index (χ3v) is 4.45. The molecule has 158 valence electrons. The first-order valence-corrected chi connectivity index (χ1v) is 10.0. The highest BCUT2D eigenvalue weighted by Crippen LogP contribution is 2.28. The number of ether oxygens (including phenoxy) is 3. The van der Waals surface area contributed by atoms with E-state index < -0.39 is 11.6 Å². The van der Waals surface area contributed by atoms with Gasteiger partial charge in [-0.1, -0.05) is 27.7 Å². The molecule has 1 rings (SSSR count). The lowest BCUT2D eigenvalue weighted by molar-refractivity contribution is -0.141. The van der Waals surface area contributed by atoms with Crippen LogP contribution in [0.15, 0.2) is 18.2 Å². The number of carbonyl (C=O) groups is 2. The van der Waals surface area contributed by atoms with Gasteiger partial charge in [0.05, 0.1) is 13.2 Å². The molecule has 0 aliphatic rings. The van der Waals surface area contributed by atoms with Crippen LogP contribution in [-0.4, -0.2) is 37.3 Å². The summed E-state index contributed by atoms with van der Waals surface area (Å²) in [5, 5.41) is 2.88. The van der Waals surface area contributed by atoms with Gasteiger partial charge in [0.2, 0.25) is 0 Å². The molecule has 0 aromatic heterocycles. The molecular formula is C22H35NO5. The molecule has 0 saturated carbocycles. The minimum absolute atomic E-state index is 0.0411. The third-order valence-electron chi connectivity index (χ3n) is 4.45. The van der Waals surface area contributed by atoms with Crippen molar-refractivity contribution in [2.75, 3.05) is 19.0 Å². The van der Waals surface area contributed by atoms with Gasteiger partial charge in [-0.2, -0.15) is 0 Å². The molecule has 1 aromatic carbocycles. The van der Waals surface area contributed by atoms with Crippen LogP contribution in [0.2, 0.25) is 0 Å². The van der Waals surface area contributed by atoms with E-state index in [-0.39, 0.29) is 17.6 Å². The van der Waals surface area contributed by atoms with Crippen molar-refractivity contribution in [2.45, 2.75) is 72.5 Å². The van der Waals surface area contributed by atoms with Crippen molar-refractivity contribution in [1.82, 2.24) is 0 Å². The maximum Gasteiger partial charge on any atom is 0.341 e. The van der Waals surface area contributed by atoms with Crippen LogP contribution in [0.25, 0.3) is 0 Å². The number of rotatable bonds is 11. The Kier molecular flexibility index (Phi) is 9.46. The Morgan fingerprint density at radius 1 is 1.18 bits per heavy atom. The fourth-order valence-electron chi connectivity index (χ4n) is 2.87. The standard InChI is InChI=1S/C22H35NO5/c1-8-12-27-22(6,14-15(3)4)21(25)23-17-10-11-19(28-16(5)9-2)18(13-17)20(24)26-7/h10-11,13,15-16H,8-9,12,14H2,1-7H3,(H,23,25)/t16-,22-/m1/s1. The van der Waals surface area contributed by atoms with E-state index in [1.807, 2.05) is 20.8 Å². The predicted octanol–water partition coefficient (Wildman–Crippen LogP) is 4.82. The summed E-state index contributed by atoms with van der Waals surface area (Å²) in [5.74, 6) is -0.0152. The maximum absolute atomic E-state index is 13.0. The van der Waals surface area contributed by atoms with Crippen molar-refractivity contribution in [3.05, 3.63) is 23.8 Å². The topological polar surface area (TPSA) is 73.9 Å². The predicted molar refractivity (Wildman–Crippen MR) is 111 cm³/mol. The Labute approximate surface area is 168 Å². The first kappa shape index (κ1) is 24.0. The van der Waals surface area contributed by atoms with E-state index in [0.29, 0.717) is 30.4 Å². The molecule has 1 aromatic rings. The van der Waals surface area contributed by atoms with E-state index in [1.54, 1.807) is 25.1 Å². The zero-order valence-corrected chi connectivity index (χ0v) is 18.3. The van der Waals surface area contributed by atoms with Crippen LogP contribution in [0.3, 0.4) is 0 Å². The molecule has 1 N–H and O–H groups in total. The third kappa shape index (κ3) is 6.82. The number of nitrogens with one attached hydrogen (secondary N) is 1. The second-order valence-corrected chi connectivity index (χ2v) is 7.67. The smallest absolute Gasteiger partial charge is 0.341 e. The highest BCUT2D eigenvalue weighted by atomic mass is 16.5. The van der Waals surface area contributed by atoms with Crippen molar-refractivity contribution >= 4 is 17.6 Å². The molecule has 0 bridgehead atoms. The van der Waals surface area contributed by atoms with Gasteiger partial charge in [0.15, 0.2) is 0 Å².